The fourth-order valence-corrected chi connectivity index (χ4v) is 2.51. The Morgan fingerprint density at radius 1 is 1.24 bits per heavy atom. The summed E-state index contributed by atoms with van der Waals surface area (Å²) in [6.45, 7) is 2.37. The first-order valence-electron chi connectivity index (χ1n) is 6.86. The highest BCUT2D eigenvalue weighted by Crippen LogP contribution is 2.26. The van der Waals surface area contributed by atoms with Gasteiger partial charge in [-0.05, 0) is 31.0 Å². The van der Waals surface area contributed by atoms with Crippen molar-refractivity contribution in [3.05, 3.63) is 33.8 Å². The van der Waals surface area contributed by atoms with Crippen molar-refractivity contribution in [3.63, 3.8) is 0 Å². The lowest BCUT2D eigenvalue weighted by Gasteiger charge is -2.13. The standard InChI is InChI=1S/C15H16BrNO4/c1-2-4-13(18)21-8-3-7-17-14(19)11-6-5-10(16)9-12(11)15(17)20/h5-6,9H,2-4,7-8H2,1H3. The first-order chi connectivity index (χ1) is 10.0. The van der Waals surface area contributed by atoms with Crippen LogP contribution < -0.4 is 0 Å². The third-order valence-corrected chi connectivity index (χ3v) is 3.67. The van der Waals surface area contributed by atoms with Crippen molar-refractivity contribution in [2.75, 3.05) is 13.2 Å². The van der Waals surface area contributed by atoms with E-state index >= 15 is 0 Å². The predicted octanol–water partition coefficient (Wildman–Crippen LogP) is 2.78. The zero-order valence-corrected chi connectivity index (χ0v) is 13.3. The summed E-state index contributed by atoms with van der Waals surface area (Å²) in [5.74, 6) is -0.831. The van der Waals surface area contributed by atoms with Crippen LogP contribution in [0, 0.1) is 0 Å². The quantitative estimate of drug-likeness (QED) is 0.448. The van der Waals surface area contributed by atoms with Crippen molar-refractivity contribution < 1.29 is 19.1 Å². The maximum absolute atomic E-state index is 12.2. The Bertz CT molecular complexity index is 585. The fourth-order valence-electron chi connectivity index (χ4n) is 2.15. The van der Waals surface area contributed by atoms with Gasteiger partial charge in [-0.1, -0.05) is 22.9 Å². The van der Waals surface area contributed by atoms with Crippen molar-refractivity contribution in [2.45, 2.75) is 26.2 Å². The molecule has 0 N–H and O–H groups in total. The fraction of sp³-hybridized carbons (Fsp3) is 0.400. The number of carbonyl (C=O) groups excluding carboxylic acids is 3. The van der Waals surface area contributed by atoms with Crippen LogP contribution >= 0.6 is 15.9 Å². The molecule has 0 fully saturated rings. The molecule has 0 aromatic heterocycles. The molecule has 0 bridgehead atoms. The van der Waals surface area contributed by atoms with E-state index in [2.05, 4.69) is 15.9 Å². The summed E-state index contributed by atoms with van der Waals surface area (Å²) >= 11 is 3.29. The number of esters is 1. The number of fused-ring (bicyclic) bond motifs is 1. The van der Waals surface area contributed by atoms with E-state index in [1.807, 2.05) is 6.92 Å². The summed E-state index contributed by atoms with van der Waals surface area (Å²) in [6, 6.07) is 5.03. The molecular formula is C15H16BrNO4. The number of rotatable bonds is 6. The summed E-state index contributed by atoms with van der Waals surface area (Å²) < 4.78 is 5.78. The Morgan fingerprint density at radius 2 is 1.95 bits per heavy atom. The zero-order chi connectivity index (χ0) is 15.4. The van der Waals surface area contributed by atoms with Crippen molar-refractivity contribution in [3.8, 4) is 0 Å². The number of benzene rings is 1. The minimum atomic E-state index is -0.295. The average Bonchev–Trinajstić information content (AvgIpc) is 2.68. The highest BCUT2D eigenvalue weighted by Gasteiger charge is 2.34. The van der Waals surface area contributed by atoms with Crippen LogP contribution in [0.5, 0.6) is 0 Å². The second-order valence-electron chi connectivity index (χ2n) is 4.78. The summed E-state index contributed by atoms with van der Waals surface area (Å²) in [7, 11) is 0. The third-order valence-electron chi connectivity index (χ3n) is 3.18. The van der Waals surface area contributed by atoms with Crippen LogP contribution in [0.25, 0.3) is 0 Å². The molecule has 0 saturated carbocycles. The maximum atomic E-state index is 12.2. The molecule has 0 unspecified atom stereocenters. The lowest BCUT2D eigenvalue weighted by molar-refractivity contribution is -0.143. The van der Waals surface area contributed by atoms with Gasteiger partial charge in [0.1, 0.15) is 0 Å². The molecule has 5 nitrogen and oxygen atoms in total. The number of hydrogen-bond donors (Lipinski definition) is 0. The molecule has 2 amide bonds. The molecule has 112 valence electrons. The molecule has 1 aliphatic heterocycles. The monoisotopic (exact) mass is 353 g/mol. The van der Waals surface area contributed by atoms with E-state index in [4.69, 9.17) is 4.74 Å². The van der Waals surface area contributed by atoms with Crippen LogP contribution in [0.1, 0.15) is 46.9 Å². The molecular weight excluding hydrogens is 338 g/mol. The molecule has 2 rings (SSSR count). The van der Waals surface area contributed by atoms with Gasteiger partial charge in [0.2, 0.25) is 0 Å². The van der Waals surface area contributed by atoms with Crippen LogP contribution in [0.4, 0.5) is 0 Å². The van der Waals surface area contributed by atoms with Crippen LogP contribution in [-0.2, 0) is 9.53 Å². The van der Waals surface area contributed by atoms with Gasteiger partial charge in [0.25, 0.3) is 11.8 Å². The van der Waals surface area contributed by atoms with Crippen LogP contribution in [0.3, 0.4) is 0 Å². The van der Waals surface area contributed by atoms with E-state index in [1.165, 1.54) is 4.90 Å². The van der Waals surface area contributed by atoms with Gasteiger partial charge in [-0.25, -0.2) is 0 Å². The lowest BCUT2D eigenvalue weighted by Crippen LogP contribution is -2.31. The van der Waals surface area contributed by atoms with Crippen LogP contribution in [0.2, 0.25) is 0 Å². The van der Waals surface area contributed by atoms with Crippen molar-refractivity contribution in [1.29, 1.82) is 0 Å². The minimum absolute atomic E-state index is 0.218. The molecule has 0 aliphatic carbocycles. The van der Waals surface area contributed by atoms with Crippen LogP contribution in [0.15, 0.2) is 22.7 Å². The van der Waals surface area contributed by atoms with Crippen LogP contribution in [-0.4, -0.2) is 35.8 Å². The molecule has 6 heteroatoms. The predicted molar refractivity (Wildman–Crippen MR) is 80.0 cm³/mol. The van der Waals surface area contributed by atoms with E-state index in [9.17, 15) is 14.4 Å². The summed E-state index contributed by atoms with van der Waals surface area (Å²) in [5, 5.41) is 0. The normalized spacial score (nSPS) is 13.5. The molecule has 0 radical (unpaired) electrons. The van der Waals surface area contributed by atoms with E-state index < -0.39 is 0 Å². The van der Waals surface area contributed by atoms with Gasteiger partial charge in [0.15, 0.2) is 0 Å². The Labute approximate surface area is 131 Å². The van der Waals surface area contributed by atoms with Gasteiger partial charge in [-0.3, -0.25) is 19.3 Å². The number of nitrogens with zero attached hydrogens (tertiary/aromatic N) is 1. The number of halogens is 1. The van der Waals surface area contributed by atoms with Gasteiger partial charge in [0.05, 0.1) is 17.7 Å². The highest BCUT2D eigenvalue weighted by atomic mass is 79.9. The van der Waals surface area contributed by atoms with E-state index in [0.29, 0.717) is 24.0 Å². The Hall–Kier alpha value is -1.69. The lowest BCUT2D eigenvalue weighted by atomic mass is 10.1. The molecule has 1 aromatic rings. The molecule has 1 aliphatic rings. The molecule has 1 heterocycles. The Balaban J connectivity index is 1.90. The molecule has 0 saturated heterocycles. The average molecular weight is 354 g/mol. The number of hydrogen-bond acceptors (Lipinski definition) is 4. The zero-order valence-electron chi connectivity index (χ0n) is 11.7. The Kier molecular flexibility index (Phi) is 5.12. The topological polar surface area (TPSA) is 63.7 Å². The number of carbonyl (C=O) groups is 3. The molecule has 21 heavy (non-hydrogen) atoms. The number of ether oxygens (including phenoxy) is 1. The molecule has 0 spiro atoms. The van der Waals surface area contributed by atoms with Gasteiger partial charge < -0.3 is 4.74 Å². The smallest absolute Gasteiger partial charge is 0.305 e. The first kappa shape index (κ1) is 15.7. The summed E-state index contributed by atoms with van der Waals surface area (Å²) in [4.78, 5) is 36.7. The van der Waals surface area contributed by atoms with E-state index in [0.717, 1.165) is 10.9 Å². The summed E-state index contributed by atoms with van der Waals surface area (Å²) in [6.07, 6.45) is 1.58. The van der Waals surface area contributed by atoms with Gasteiger partial charge in [-0.2, -0.15) is 0 Å². The third kappa shape index (κ3) is 3.50. The maximum Gasteiger partial charge on any atom is 0.305 e. The highest BCUT2D eigenvalue weighted by molar-refractivity contribution is 9.10. The molecule has 0 atom stereocenters. The minimum Gasteiger partial charge on any atom is -0.466 e. The van der Waals surface area contributed by atoms with Gasteiger partial charge >= 0.3 is 5.97 Å². The first-order valence-corrected chi connectivity index (χ1v) is 7.65. The second-order valence-corrected chi connectivity index (χ2v) is 5.69. The van der Waals surface area contributed by atoms with Gasteiger partial charge in [0, 0.05) is 17.4 Å². The van der Waals surface area contributed by atoms with Crippen molar-refractivity contribution in [1.82, 2.24) is 4.90 Å². The van der Waals surface area contributed by atoms with Crippen molar-refractivity contribution in [2.24, 2.45) is 0 Å². The SMILES string of the molecule is CCCC(=O)OCCCN1C(=O)c2ccc(Br)cc2C1=O. The Morgan fingerprint density at radius 3 is 2.67 bits per heavy atom. The van der Waals surface area contributed by atoms with E-state index in [-0.39, 0.29) is 30.9 Å². The molecule has 1 aromatic carbocycles. The number of amides is 2. The van der Waals surface area contributed by atoms with Crippen molar-refractivity contribution >= 4 is 33.7 Å². The number of imide groups is 1. The summed E-state index contributed by atoms with van der Waals surface area (Å²) in [5.41, 5.74) is 0.837. The van der Waals surface area contributed by atoms with E-state index in [1.54, 1.807) is 18.2 Å². The second kappa shape index (κ2) is 6.85. The largest absolute Gasteiger partial charge is 0.466 e. The van der Waals surface area contributed by atoms with Gasteiger partial charge in [-0.15, -0.1) is 0 Å².